The van der Waals surface area contributed by atoms with Crippen molar-refractivity contribution in [1.82, 2.24) is 14.8 Å². The van der Waals surface area contributed by atoms with Crippen LogP contribution in [0.25, 0.3) is 11.0 Å². The fourth-order valence-corrected chi connectivity index (χ4v) is 2.80. The van der Waals surface area contributed by atoms with Crippen molar-refractivity contribution in [2.45, 2.75) is 52.2 Å². The minimum absolute atomic E-state index is 0.0602. The van der Waals surface area contributed by atoms with Gasteiger partial charge in [-0.1, -0.05) is 12.8 Å². The summed E-state index contributed by atoms with van der Waals surface area (Å²) in [6.07, 6.45) is 6.02. The molecule has 1 saturated carbocycles. The van der Waals surface area contributed by atoms with Gasteiger partial charge >= 0.3 is 0 Å². The average molecular weight is 337 g/mol. The molecule has 0 amide bonds. The summed E-state index contributed by atoms with van der Waals surface area (Å²) in [6, 6.07) is 1.34. The second-order valence-electron chi connectivity index (χ2n) is 6.27. The standard InChI is InChI=1S/C13H16FN5.C3H8O2/c14-9-5-10-11(12(15)16)18-19(13(10)17-6-9)7-8-3-1-2-4-8;1-3(2)5-4/h5-6,8H,1-4,7H2,(H3,15,16);3-4H,1-2H3. The van der Waals surface area contributed by atoms with E-state index in [0.717, 1.165) is 6.54 Å². The SMILES string of the molecule is CC(C)OO.N=C(N)c1nn(CC2CCCC2)c2ncc(F)cc12. The predicted octanol–water partition coefficient (Wildman–Crippen LogP) is 2.93. The third-order valence-electron chi connectivity index (χ3n) is 3.93. The first-order valence-electron chi connectivity index (χ1n) is 8.09. The van der Waals surface area contributed by atoms with Gasteiger partial charge in [-0.2, -0.15) is 5.10 Å². The highest BCUT2D eigenvalue weighted by Gasteiger charge is 2.20. The number of nitrogens with two attached hydrogens (primary N) is 1. The van der Waals surface area contributed by atoms with Gasteiger partial charge in [0.2, 0.25) is 0 Å². The second-order valence-corrected chi connectivity index (χ2v) is 6.27. The van der Waals surface area contributed by atoms with Gasteiger partial charge in [0.05, 0.1) is 17.7 Å². The summed E-state index contributed by atoms with van der Waals surface area (Å²) in [6.45, 7) is 4.27. The van der Waals surface area contributed by atoms with Crippen molar-refractivity contribution in [2.75, 3.05) is 0 Å². The molecule has 1 aliphatic rings. The molecule has 24 heavy (non-hydrogen) atoms. The Morgan fingerprint density at radius 1 is 1.50 bits per heavy atom. The van der Waals surface area contributed by atoms with Gasteiger partial charge in [0.25, 0.3) is 0 Å². The van der Waals surface area contributed by atoms with Crippen LogP contribution in [-0.2, 0) is 11.4 Å². The third-order valence-corrected chi connectivity index (χ3v) is 3.93. The maximum Gasteiger partial charge on any atom is 0.158 e. The van der Waals surface area contributed by atoms with Crippen LogP contribution in [-0.4, -0.2) is 32.0 Å². The van der Waals surface area contributed by atoms with Crippen LogP contribution in [0.2, 0.25) is 0 Å². The van der Waals surface area contributed by atoms with Gasteiger partial charge in [0.1, 0.15) is 17.3 Å². The van der Waals surface area contributed by atoms with E-state index in [9.17, 15) is 4.39 Å². The summed E-state index contributed by atoms with van der Waals surface area (Å²) >= 11 is 0. The Hall–Kier alpha value is -2.06. The first-order valence-corrected chi connectivity index (χ1v) is 8.09. The van der Waals surface area contributed by atoms with E-state index in [4.69, 9.17) is 16.4 Å². The van der Waals surface area contributed by atoms with Gasteiger partial charge < -0.3 is 5.73 Å². The van der Waals surface area contributed by atoms with Crippen molar-refractivity contribution < 1.29 is 14.5 Å². The first kappa shape index (κ1) is 18.3. The van der Waals surface area contributed by atoms with Crippen LogP contribution in [0.5, 0.6) is 0 Å². The molecule has 0 atom stereocenters. The van der Waals surface area contributed by atoms with Crippen molar-refractivity contribution in [3.8, 4) is 0 Å². The van der Waals surface area contributed by atoms with Crippen LogP contribution in [0.3, 0.4) is 0 Å². The predicted molar refractivity (Wildman–Crippen MR) is 89.3 cm³/mol. The molecule has 0 bridgehead atoms. The van der Waals surface area contributed by atoms with Gasteiger partial charge in [-0.15, -0.1) is 0 Å². The van der Waals surface area contributed by atoms with E-state index < -0.39 is 5.82 Å². The topological polar surface area (TPSA) is 110 Å². The van der Waals surface area contributed by atoms with Crippen molar-refractivity contribution in [3.05, 3.63) is 23.8 Å². The zero-order valence-corrected chi connectivity index (χ0v) is 14.0. The molecule has 0 saturated heterocycles. The number of hydrogen-bond donors (Lipinski definition) is 3. The molecule has 8 heteroatoms. The minimum atomic E-state index is -0.435. The van der Waals surface area contributed by atoms with Gasteiger partial charge in [-0.25, -0.2) is 18.9 Å². The van der Waals surface area contributed by atoms with E-state index in [2.05, 4.69) is 15.0 Å². The van der Waals surface area contributed by atoms with Gasteiger partial charge in [-0.05, 0) is 38.7 Å². The molecule has 132 valence electrons. The molecular formula is C16H24FN5O2. The van der Waals surface area contributed by atoms with Crippen LogP contribution in [0.15, 0.2) is 12.3 Å². The number of nitrogens with one attached hydrogen (secondary N) is 1. The second kappa shape index (κ2) is 8.16. The summed E-state index contributed by atoms with van der Waals surface area (Å²) in [5.41, 5.74) is 6.44. The lowest BCUT2D eigenvalue weighted by atomic mass is 10.1. The highest BCUT2D eigenvalue weighted by molar-refractivity contribution is 6.04. The van der Waals surface area contributed by atoms with Crippen molar-refractivity contribution in [1.29, 1.82) is 5.41 Å². The van der Waals surface area contributed by atoms with E-state index in [1.807, 2.05) is 0 Å². The Labute approximate surface area is 140 Å². The number of rotatable bonds is 4. The molecule has 7 nitrogen and oxygen atoms in total. The molecule has 1 fully saturated rings. The van der Waals surface area contributed by atoms with Crippen molar-refractivity contribution in [2.24, 2.45) is 11.7 Å². The lowest BCUT2D eigenvalue weighted by molar-refractivity contribution is -0.269. The highest BCUT2D eigenvalue weighted by atomic mass is 19.1. The monoisotopic (exact) mass is 337 g/mol. The number of amidine groups is 1. The fraction of sp³-hybridized carbons (Fsp3) is 0.562. The van der Waals surface area contributed by atoms with E-state index >= 15 is 0 Å². The first-order chi connectivity index (χ1) is 11.4. The maximum absolute atomic E-state index is 13.3. The number of halogens is 1. The number of pyridine rings is 1. The Morgan fingerprint density at radius 2 is 2.12 bits per heavy atom. The van der Waals surface area contributed by atoms with Crippen molar-refractivity contribution >= 4 is 16.9 Å². The molecule has 0 unspecified atom stereocenters. The quantitative estimate of drug-likeness (QED) is 0.344. The normalized spacial score (nSPS) is 14.9. The lowest BCUT2D eigenvalue weighted by Crippen LogP contribution is -2.14. The smallest absolute Gasteiger partial charge is 0.158 e. The molecule has 2 heterocycles. The Morgan fingerprint density at radius 3 is 2.67 bits per heavy atom. The number of aromatic nitrogens is 3. The van der Waals surface area contributed by atoms with Gasteiger partial charge in [0.15, 0.2) is 5.65 Å². The van der Waals surface area contributed by atoms with E-state index in [-0.39, 0.29) is 11.9 Å². The minimum Gasteiger partial charge on any atom is -0.382 e. The molecule has 0 aromatic carbocycles. The number of hydrogen-bond acceptors (Lipinski definition) is 5. The number of nitrogen functional groups attached to an aromatic ring is 1. The Kier molecular flexibility index (Phi) is 6.22. The fourth-order valence-electron chi connectivity index (χ4n) is 2.80. The molecule has 4 N–H and O–H groups in total. The maximum atomic E-state index is 13.3. The molecular weight excluding hydrogens is 313 g/mol. The molecule has 3 rings (SSSR count). The lowest BCUT2D eigenvalue weighted by Gasteiger charge is -2.09. The van der Waals surface area contributed by atoms with Crippen LogP contribution >= 0.6 is 0 Å². The number of nitrogens with zero attached hydrogens (tertiary/aromatic N) is 3. The molecule has 0 spiro atoms. The van der Waals surface area contributed by atoms with Gasteiger partial charge in [0, 0.05) is 6.54 Å². The molecule has 1 aliphatic carbocycles. The summed E-state index contributed by atoms with van der Waals surface area (Å²) < 4.78 is 15.0. The molecule has 2 aromatic rings. The average Bonchev–Trinajstić information content (AvgIpc) is 3.16. The van der Waals surface area contributed by atoms with Crippen LogP contribution < -0.4 is 5.73 Å². The van der Waals surface area contributed by atoms with Gasteiger partial charge in [-0.3, -0.25) is 10.7 Å². The largest absolute Gasteiger partial charge is 0.382 e. The van der Waals surface area contributed by atoms with E-state index in [1.165, 1.54) is 37.9 Å². The summed E-state index contributed by atoms with van der Waals surface area (Å²) in [7, 11) is 0. The summed E-state index contributed by atoms with van der Waals surface area (Å²) in [4.78, 5) is 7.85. The van der Waals surface area contributed by atoms with Crippen LogP contribution in [0.1, 0.15) is 45.2 Å². The zero-order chi connectivity index (χ0) is 17.7. The van der Waals surface area contributed by atoms with Crippen LogP contribution in [0.4, 0.5) is 4.39 Å². The zero-order valence-electron chi connectivity index (χ0n) is 14.0. The Bertz CT molecular complexity index is 695. The molecule has 0 radical (unpaired) electrons. The van der Waals surface area contributed by atoms with Crippen LogP contribution in [0, 0.1) is 17.1 Å². The summed E-state index contributed by atoms with van der Waals surface area (Å²) in [5, 5.41) is 20.0. The summed E-state index contributed by atoms with van der Waals surface area (Å²) in [5.74, 6) is 0.00718. The molecule has 2 aromatic heterocycles. The Balaban J connectivity index is 0.000000368. The third kappa shape index (κ3) is 4.48. The molecule has 0 aliphatic heterocycles. The van der Waals surface area contributed by atoms with Crippen molar-refractivity contribution in [3.63, 3.8) is 0 Å². The van der Waals surface area contributed by atoms with E-state index in [1.54, 1.807) is 18.5 Å². The number of fused-ring (bicyclic) bond motifs is 1. The highest BCUT2D eigenvalue weighted by Crippen LogP contribution is 2.27. The van der Waals surface area contributed by atoms with E-state index in [0.29, 0.717) is 22.6 Å².